The highest BCUT2D eigenvalue weighted by atomic mass is 79.9. The molecule has 0 aliphatic carbocycles. The van der Waals surface area contributed by atoms with E-state index in [0.29, 0.717) is 28.7 Å². The fourth-order valence-electron chi connectivity index (χ4n) is 1.47. The second kappa shape index (κ2) is 6.76. The third-order valence-corrected chi connectivity index (χ3v) is 3.15. The number of rotatable bonds is 5. The van der Waals surface area contributed by atoms with Crippen molar-refractivity contribution in [2.45, 2.75) is 26.4 Å². The third kappa shape index (κ3) is 4.25. The van der Waals surface area contributed by atoms with E-state index in [-0.39, 0.29) is 5.82 Å². The second-order valence-electron chi connectivity index (χ2n) is 4.58. The molecule has 0 saturated heterocycles. The molecule has 1 aromatic heterocycles. The number of ether oxygens (including phenoxy) is 1. The topological polar surface area (TPSA) is 47.0 Å². The number of nitrogens with one attached hydrogen (secondary N) is 1. The lowest BCUT2D eigenvalue weighted by atomic mass is 10.3. The van der Waals surface area contributed by atoms with E-state index in [0.717, 1.165) is 5.69 Å². The number of hydrogen-bond donors (Lipinski definition) is 1. The Morgan fingerprint density at radius 1 is 1.25 bits per heavy atom. The van der Waals surface area contributed by atoms with Crippen LogP contribution in [0.2, 0.25) is 0 Å². The van der Waals surface area contributed by atoms with Gasteiger partial charge in [-0.1, -0.05) is 13.8 Å². The standard InChI is InChI=1S/C14H15BrFN3O/c1-9(2)17-8-11-4-6-14(19-18-11)20-13-7-10(16)3-5-12(13)15/h3-7,9,17H,8H2,1-2H3. The Labute approximate surface area is 125 Å². The van der Waals surface area contributed by atoms with Gasteiger partial charge in [-0.25, -0.2) is 4.39 Å². The molecule has 1 heterocycles. The van der Waals surface area contributed by atoms with Crippen molar-refractivity contribution in [3.05, 3.63) is 46.3 Å². The third-order valence-electron chi connectivity index (χ3n) is 2.49. The minimum Gasteiger partial charge on any atom is -0.436 e. The predicted octanol–water partition coefficient (Wildman–Crippen LogP) is 3.67. The van der Waals surface area contributed by atoms with E-state index in [9.17, 15) is 4.39 Å². The van der Waals surface area contributed by atoms with Gasteiger partial charge in [0, 0.05) is 24.7 Å². The number of halogens is 2. The van der Waals surface area contributed by atoms with Crippen LogP contribution in [0, 0.1) is 5.82 Å². The van der Waals surface area contributed by atoms with Gasteiger partial charge in [0.15, 0.2) is 0 Å². The zero-order valence-electron chi connectivity index (χ0n) is 11.2. The van der Waals surface area contributed by atoms with Crippen molar-refractivity contribution in [3.63, 3.8) is 0 Å². The summed E-state index contributed by atoms with van der Waals surface area (Å²) in [5.41, 5.74) is 0.823. The van der Waals surface area contributed by atoms with Gasteiger partial charge in [0.25, 0.3) is 0 Å². The summed E-state index contributed by atoms with van der Waals surface area (Å²) in [4.78, 5) is 0. The summed E-state index contributed by atoms with van der Waals surface area (Å²) in [6.45, 7) is 4.77. The van der Waals surface area contributed by atoms with E-state index in [1.807, 2.05) is 6.07 Å². The van der Waals surface area contributed by atoms with Crippen LogP contribution in [-0.2, 0) is 6.54 Å². The fraction of sp³-hybridized carbons (Fsp3) is 0.286. The molecule has 2 rings (SSSR count). The largest absolute Gasteiger partial charge is 0.436 e. The molecule has 0 aliphatic rings. The van der Waals surface area contributed by atoms with Gasteiger partial charge in [0.1, 0.15) is 11.6 Å². The van der Waals surface area contributed by atoms with E-state index in [1.165, 1.54) is 12.1 Å². The monoisotopic (exact) mass is 339 g/mol. The minimum atomic E-state index is -0.367. The van der Waals surface area contributed by atoms with Crippen LogP contribution in [0.3, 0.4) is 0 Å². The summed E-state index contributed by atoms with van der Waals surface area (Å²) in [7, 11) is 0. The van der Waals surface area contributed by atoms with Crippen LogP contribution in [0.15, 0.2) is 34.8 Å². The van der Waals surface area contributed by atoms with Crippen LogP contribution < -0.4 is 10.1 Å². The van der Waals surface area contributed by atoms with Gasteiger partial charge in [0.05, 0.1) is 10.2 Å². The van der Waals surface area contributed by atoms with Gasteiger partial charge in [-0.05, 0) is 34.1 Å². The highest BCUT2D eigenvalue weighted by Crippen LogP contribution is 2.29. The van der Waals surface area contributed by atoms with Crippen LogP contribution in [-0.4, -0.2) is 16.2 Å². The van der Waals surface area contributed by atoms with Gasteiger partial charge in [-0.2, -0.15) is 5.10 Å². The van der Waals surface area contributed by atoms with Crippen molar-refractivity contribution in [2.24, 2.45) is 0 Å². The normalized spacial score (nSPS) is 10.8. The van der Waals surface area contributed by atoms with Gasteiger partial charge < -0.3 is 10.1 Å². The van der Waals surface area contributed by atoms with Crippen molar-refractivity contribution < 1.29 is 9.13 Å². The molecule has 20 heavy (non-hydrogen) atoms. The molecule has 0 radical (unpaired) electrons. The molecule has 0 aliphatic heterocycles. The van der Waals surface area contributed by atoms with Crippen molar-refractivity contribution >= 4 is 15.9 Å². The molecule has 6 heteroatoms. The summed E-state index contributed by atoms with van der Waals surface area (Å²) in [6, 6.07) is 8.14. The predicted molar refractivity (Wildman–Crippen MR) is 78.2 cm³/mol. The molecule has 1 aromatic carbocycles. The van der Waals surface area contributed by atoms with Gasteiger partial charge in [-0.3, -0.25) is 0 Å². The molecule has 1 N–H and O–H groups in total. The Morgan fingerprint density at radius 3 is 2.70 bits per heavy atom. The summed E-state index contributed by atoms with van der Waals surface area (Å²) in [6.07, 6.45) is 0. The molecular formula is C14H15BrFN3O. The summed E-state index contributed by atoms with van der Waals surface area (Å²) in [5.74, 6) is 0.325. The zero-order valence-corrected chi connectivity index (χ0v) is 12.8. The SMILES string of the molecule is CC(C)NCc1ccc(Oc2cc(F)ccc2Br)nn1. The van der Waals surface area contributed by atoms with Crippen LogP contribution in [0.5, 0.6) is 11.6 Å². The van der Waals surface area contributed by atoms with Gasteiger partial charge in [-0.15, -0.1) is 5.10 Å². The molecule has 4 nitrogen and oxygen atoms in total. The number of hydrogen-bond acceptors (Lipinski definition) is 4. The first-order valence-electron chi connectivity index (χ1n) is 6.23. The lowest BCUT2D eigenvalue weighted by molar-refractivity contribution is 0.445. The second-order valence-corrected chi connectivity index (χ2v) is 5.43. The first-order chi connectivity index (χ1) is 9.54. The Kier molecular flexibility index (Phi) is 5.03. The fourth-order valence-corrected chi connectivity index (χ4v) is 1.80. The lowest BCUT2D eigenvalue weighted by Crippen LogP contribution is -2.22. The van der Waals surface area contributed by atoms with Crippen molar-refractivity contribution in [2.75, 3.05) is 0 Å². The van der Waals surface area contributed by atoms with Crippen molar-refractivity contribution in [3.8, 4) is 11.6 Å². The molecule has 0 saturated carbocycles. The average molecular weight is 340 g/mol. The van der Waals surface area contributed by atoms with E-state index in [1.54, 1.807) is 12.1 Å². The quantitative estimate of drug-likeness (QED) is 0.902. The van der Waals surface area contributed by atoms with E-state index >= 15 is 0 Å². The van der Waals surface area contributed by atoms with Crippen molar-refractivity contribution in [1.29, 1.82) is 0 Å². The number of aromatic nitrogens is 2. The number of benzene rings is 1. The first kappa shape index (κ1) is 14.9. The van der Waals surface area contributed by atoms with E-state index < -0.39 is 0 Å². The first-order valence-corrected chi connectivity index (χ1v) is 7.03. The molecule has 0 unspecified atom stereocenters. The molecule has 106 valence electrons. The Bertz CT molecular complexity index is 575. The van der Waals surface area contributed by atoms with Crippen LogP contribution in [0.1, 0.15) is 19.5 Å². The summed E-state index contributed by atoms with van der Waals surface area (Å²) < 4.78 is 19.3. The number of nitrogens with zero attached hydrogens (tertiary/aromatic N) is 2. The molecule has 0 fully saturated rings. The van der Waals surface area contributed by atoms with Crippen LogP contribution >= 0.6 is 15.9 Å². The lowest BCUT2D eigenvalue weighted by Gasteiger charge is -2.08. The maximum absolute atomic E-state index is 13.1. The molecule has 0 bridgehead atoms. The summed E-state index contributed by atoms with van der Waals surface area (Å²) in [5, 5.41) is 11.3. The highest BCUT2D eigenvalue weighted by Gasteiger charge is 2.06. The molecule has 0 amide bonds. The highest BCUT2D eigenvalue weighted by molar-refractivity contribution is 9.10. The summed E-state index contributed by atoms with van der Waals surface area (Å²) >= 11 is 3.29. The molecule has 0 atom stereocenters. The van der Waals surface area contributed by atoms with E-state index in [2.05, 4.69) is 45.3 Å². The zero-order chi connectivity index (χ0) is 14.5. The smallest absolute Gasteiger partial charge is 0.238 e. The maximum Gasteiger partial charge on any atom is 0.238 e. The van der Waals surface area contributed by atoms with Crippen molar-refractivity contribution in [1.82, 2.24) is 15.5 Å². The maximum atomic E-state index is 13.1. The molecule has 2 aromatic rings. The Balaban J connectivity index is 2.05. The molecular weight excluding hydrogens is 325 g/mol. The Morgan fingerprint density at radius 2 is 2.05 bits per heavy atom. The Hall–Kier alpha value is -1.53. The van der Waals surface area contributed by atoms with E-state index in [4.69, 9.17) is 4.74 Å². The van der Waals surface area contributed by atoms with Gasteiger partial charge in [0.2, 0.25) is 5.88 Å². The van der Waals surface area contributed by atoms with Crippen LogP contribution in [0.25, 0.3) is 0 Å². The average Bonchev–Trinajstić information content (AvgIpc) is 2.42. The van der Waals surface area contributed by atoms with Gasteiger partial charge >= 0.3 is 0 Å². The van der Waals surface area contributed by atoms with Crippen LogP contribution in [0.4, 0.5) is 4.39 Å². The molecule has 0 spiro atoms. The minimum absolute atomic E-state index is 0.324.